The Balaban J connectivity index is 0.00000364. The molecule has 6 heteroatoms. The molecule has 0 saturated carbocycles. The highest BCUT2D eigenvalue weighted by molar-refractivity contribution is 14.0. The molecule has 0 bridgehead atoms. The predicted molar refractivity (Wildman–Crippen MR) is 124 cm³/mol. The summed E-state index contributed by atoms with van der Waals surface area (Å²) >= 11 is 0. The van der Waals surface area contributed by atoms with E-state index in [1.165, 1.54) is 11.1 Å². The molecule has 148 valence electrons. The maximum Gasteiger partial charge on any atom is 0.191 e. The molecule has 0 aliphatic rings. The fraction of sp³-hybridized carbons (Fsp3) is 0.381. The molecule has 0 aliphatic carbocycles. The molecule has 0 radical (unpaired) electrons. The van der Waals surface area contributed by atoms with Gasteiger partial charge in [-0.1, -0.05) is 42.5 Å². The van der Waals surface area contributed by atoms with Gasteiger partial charge in [-0.2, -0.15) is 0 Å². The van der Waals surface area contributed by atoms with E-state index in [9.17, 15) is 0 Å². The number of nitrogens with one attached hydrogen (secondary N) is 2. The minimum atomic E-state index is 0. The van der Waals surface area contributed by atoms with Gasteiger partial charge in [-0.3, -0.25) is 4.99 Å². The topological polar surface area (TPSA) is 48.9 Å². The smallest absolute Gasteiger partial charge is 0.191 e. The lowest BCUT2D eigenvalue weighted by Crippen LogP contribution is -2.42. The molecule has 0 saturated heterocycles. The van der Waals surface area contributed by atoms with Crippen LogP contribution < -0.4 is 15.4 Å². The van der Waals surface area contributed by atoms with Crippen LogP contribution in [0.4, 0.5) is 0 Å². The number of benzene rings is 2. The van der Waals surface area contributed by atoms with Crippen molar-refractivity contribution < 1.29 is 4.74 Å². The van der Waals surface area contributed by atoms with Gasteiger partial charge in [-0.15, -0.1) is 24.0 Å². The van der Waals surface area contributed by atoms with Gasteiger partial charge in [0.05, 0.1) is 13.2 Å². The van der Waals surface area contributed by atoms with Crippen LogP contribution in [0.1, 0.15) is 17.2 Å². The number of rotatable bonds is 8. The Morgan fingerprint density at radius 3 is 2.26 bits per heavy atom. The van der Waals surface area contributed by atoms with Crippen LogP contribution in [-0.2, 0) is 6.42 Å². The zero-order chi connectivity index (χ0) is 18.8. The number of aliphatic imine (C=N–C) groups is 1. The molecule has 0 heterocycles. The molecule has 0 spiro atoms. The average Bonchev–Trinajstić information content (AvgIpc) is 2.68. The third kappa shape index (κ3) is 7.76. The van der Waals surface area contributed by atoms with Crippen LogP contribution in [0.2, 0.25) is 0 Å². The maximum absolute atomic E-state index is 5.19. The molecule has 2 aromatic carbocycles. The van der Waals surface area contributed by atoms with Crippen molar-refractivity contribution in [2.45, 2.75) is 12.5 Å². The Labute approximate surface area is 180 Å². The fourth-order valence-corrected chi connectivity index (χ4v) is 2.81. The Morgan fingerprint density at radius 1 is 1.04 bits per heavy atom. The van der Waals surface area contributed by atoms with Crippen molar-refractivity contribution in [3.63, 3.8) is 0 Å². The van der Waals surface area contributed by atoms with Gasteiger partial charge in [-0.25, -0.2) is 0 Å². The normalized spacial score (nSPS) is 12.3. The molecule has 2 aromatic rings. The summed E-state index contributed by atoms with van der Waals surface area (Å²) in [4.78, 5) is 6.54. The van der Waals surface area contributed by atoms with Gasteiger partial charge < -0.3 is 20.3 Å². The summed E-state index contributed by atoms with van der Waals surface area (Å²) in [6.45, 7) is 1.61. The predicted octanol–water partition coefficient (Wildman–Crippen LogP) is 3.32. The van der Waals surface area contributed by atoms with Crippen LogP contribution >= 0.6 is 24.0 Å². The SMILES string of the molecule is CN=C(NCCc1ccc(OC)cc1)NCC(c1ccccc1)N(C)C.I. The third-order valence-electron chi connectivity index (χ3n) is 4.36. The highest BCUT2D eigenvalue weighted by atomic mass is 127. The highest BCUT2D eigenvalue weighted by Gasteiger charge is 2.14. The lowest BCUT2D eigenvalue weighted by molar-refractivity contribution is 0.298. The first-order chi connectivity index (χ1) is 12.6. The molecule has 0 fully saturated rings. The van der Waals surface area contributed by atoms with Crippen LogP contribution in [0.15, 0.2) is 59.6 Å². The fourth-order valence-electron chi connectivity index (χ4n) is 2.81. The van der Waals surface area contributed by atoms with E-state index in [2.05, 4.69) is 71.0 Å². The zero-order valence-corrected chi connectivity index (χ0v) is 18.9. The van der Waals surface area contributed by atoms with Gasteiger partial charge in [0.1, 0.15) is 5.75 Å². The second-order valence-corrected chi connectivity index (χ2v) is 6.37. The number of hydrogen-bond donors (Lipinski definition) is 2. The summed E-state index contributed by atoms with van der Waals surface area (Å²) in [5.74, 6) is 1.70. The first-order valence-corrected chi connectivity index (χ1v) is 8.93. The van der Waals surface area contributed by atoms with Crippen LogP contribution in [0, 0.1) is 0 Å². The summed E-state index contributed by atoms with van der Waals surface area (Å²) < 4.78 is 5.19. The largest absolute Gasteiger partial charge is 0.497 e. The Morgan fingerprint density at radius 2 is 1.70 bits per heavy atom. The zero-order valence-electron chi connectivity index (χ0n) is 16.6. The molecular formula is C21H31IN4O. The van der Waals surface area contributed by atoms with Gasteiger partial charge >= 0.3 is 0 Å². The van der Waals surface area contributed by atoms with Crippen molar-refractivity contribution >= 4 is 29.9 Å². The first kappa shape index (κ1) is 23.2. The minimum absolute atomic E-state index is 0. The molecule has 1 unspecified atom stereocenters. The standard InChI is InChI=1S/C21H30N4O.HI/c1-22-21(23-15-14-17-10-12-19(26-4)13-11-17)24-16-20(25(2)3)18-8-6-5-7-9-18;/h5-13,20H,14-16H2,1-4H3,(H2,22,23,24);1H. The summed E-state index contributed by atoms with van der Waals surface area (Å²) in [5, 5.41) is 6.81. The van der Waals surface area contributed by atoms with Gasteiger partial charge in [0.15, 0.2) is 5.96 Å². The molecule has 2 rings (SSSR count). The van der Waals surface area contributed by atoms with Gasteiger partial charge in [-0.05, 0) is 43.8 Å². The van der Waals surface area contributed by atoms with Crippen molar-refractivity contribution in [2.24, 2.45) is 4.99 Å². The van der Waals surface area contributed by atoms with Crippen LogP contribution in [0.3, 0.4) is 0 Å². The number of nitrogens with zero attached hydrogens (tertiary/aromatic N) is 2. The maximum atomic E-state index is 5.19. The lowest BCUT2D eigenvalue weighted by atomic mass is 10.1. The van der Waals surface area contributed by atoms with Crippen LogP contribution in [0.5, 0.6) is 5.75 Å². The Bertz CT molecular complexity index is 674. The van der Waals surface area contributed by atoms with Gasteiger partial charge in [0.25, 0.3) is 0 Å². The molecular weight excluding hydrogens is 451 g/mol. The molecule has 0 amide bonds. The van der Waals surface area contributed by atoms with E-state index in [4.69, 9.17) is 4.74 Å². The quantitative estimate of drug-likeness (QED) is 0.345. The monoisotopic (exact) mass is 482 g/mol. The third-order valence-corrected chi connectivity index (χ3v) is 4.36. The van der Waals surface area contributed by atoms with Crippen LogP contribution in [0.25, 0.3) is 0 Å². The lowest BCUT2D eigenvalue weighted by Gasteiger charge is -2.26. The average molecular weight is 482 g/mol. The van der Waals surface area contributed by atoms with E-state index in [1.807, 2.05) is 18.2 Å². The molecule has 2 N–H and O–H groups in total. The Hall–Kier alpha value is -1.80. The minimum Gasteiger partial charge on any atom is -0.497 e. The van der Waals surface area contributed by atoms with Crippen molar-refractivity contribution in [3.05, 3.63) is 65.7 Å². The summed E-state index contributed by atoms with van der Waals surface area (Å²) in [7, 11) is 7.68. The van der Waals surface area contributed by atoms with Gasteiger partial charge in [0.2, 0.25) is 0 Å². The number of hydrogen-bond acceptors (Lipinski definition) is 3. The number of likely N-dealkylation sites (N-methyl/N-ethyl adjacent to an activating group) is 1. The molecule has 27 heavy (non-hydrogen) atoms. The van der Waals surface area contributed by atoms with E-state index in [1.54, 1.807) is 14.2 Å². The molecule has 0 aromatic heterocycles. The highest BCUT2D eigenvalue weighted by Crippen LogP contribution is 2.16. The number of ether oxygens (including phenoxy) is 1. The van der Waals surface area contributed by atoms with Gasteiger partial charge in [0, 0.05) is 20.1 Å². The second-order valence-electron chi connectivity index (χ2n) is 6.37. The number of guanidine groups is 1. The van der Waals surface area contributed by atoms with Crippen molar-refractivity contribution in [2.75, 3.05) is 41.3 Å². The molecule has 1 atom stereocenters. The van der Waals surface area contributed by atoms with E-state index in [0.717, 1.165) is 31.2 Å². The second kappa shape index (κ2) is 12.6. The Kier molecular flexibility index (Phi) is 10.8. The first-order valence-electron chi connectivity index (χ1n) is 8.93. The van der Waals surface area contributed by atoms with Crippen molar-refractivity contribution in [3.8, 4) is 5.75 Å². The van der Waals surface area contributed by atoms with E-state index >= 15 is 0 Å². The summed E-state index contributed by atoms with van der Waals surface area (Å²) in [5.41, 5.74) is 2.56. The molecule has 5 nitrogen and oxygen atoms in total. The molecule has 0 aliphatic heterocycles. The van der Waals surface area contributed by atoms with Crippen molar-refractivity contribution in [1.29, 1.82) is 0 Å². The number of halogens is 1. The summed E-state index contributed by atoms with van der Waals surface area (Å²) in [6, 6.07) is 19.0. The summed E-state index contributed by atoms with van der Waals surface area (Å²) in [6.07, 6.45) is 0.931. The van der Waals surface area contributed by atoms with E-state index in [-0.39, 0.29) is 30.0 Å². The van der Waals surface area contributed by atoms with Crippen molar-refractivity contribution in [1.82, 2.24) is 15.5 Å². The van der Waals surface area contributed by atoms with E-state index in [0.29, 0.717) is 0 Å². The number of methoxy groups -OCH3 is 1. The van der Waals surface area contributed by atoms with E-state index < -0.39 is 0 Å². The van der Waals surface area contributed by atoms with Crippen LogP contribution in [-0.4, -0.2) is 52.2 Å².